The number of amides is 1. The first kappa shape index (κ1) is 21.3. The summed E-state index contributed by atoms with van der Waals surface area (Å²) in [6.45, 7) is 5.03. The number of piperidine rings is 1. The third-order valence-corrected chi connectivity index (χ3v) is 5.48. The summed E-state index contributed by atoms with van der Waals surface area (Å²) in [5.41, 5.74) is 4.59. The number of ether oxygens (including phenoxy) is 1. The van der Waals surface area contributed by atoms with Crippen molar-refractivity contribution in [3.05, 3.63) is 58.1 Å². The maximum atomic E-state index is 12.4. The molecule has 1 aliphatic heterocycles. The first-order chi connectivity index (χ1) is 14.0. The topological polar surface area (TPSA) is 74.2 Å². The van der Waals surface area contributed by atoms with Crippen LogP contribution >= 0.6 is 15.9 Å². The van der Waals surface area contributed by atoms with E-state index in [-0.39, 0.29) is 17.6 Å². The van der Waals surface area contributed by atoms with Crippen molar-refractivity contribution in [1.29, 1.82) is 0 Å². The number of hydrazone groups is 1. The number of aromatic hydroxyl groups is 1. The molecule has 0 radical (unpaired) electrons. The van der Waals surface area contributed by atoms with Gasteiger partial charge in [0.1, 0.15) is 0 Å². The van der Waals surface area contributed by atoms with Crippen LogP contribution in [-0.2, 0) is 11.3 Å². The molecule has 29 heavy (non-hydrogen) atoms. The van der Waals surface area contributed by atoms with Gasteiger partial charge in [-0.05, 0) is 74.3 Å². The van der Waals surface area contributed by atoms with Crippen LogP contribution in [0.3, 0.4) is 0 Å². The van der Waals surface area contributed by atoms with Gasteiger partial charge < -0.3 is 9.84 Å². The number of halogens is 1. The number of hydrogen-bond acceptors (Lipinski definition) is 5. The summed E-state index contributed by atoms with van der Waals surface area (Å²) in [4.78, 5) is 14.8. The van der Waals surface area contributed by atoms with E-state index < -0.39 is 0 Å². The van der Waals surface area contributed by atoms with E-state index in [1.54, 1.807) is 18.2 Å². The van der Waals surface area contributed by atoms with Crippen LogP contribution < -0.4 is 10.2 Å². The number of phenolic OH excluding ortho intramolecular Hbond substituents is 1. The van der Waals surface area contributed by atoms with Crippen LogP contribution in [-0.4, -0.2) is 41.8 Å². The highest BCUT2D eigenvalue weighted by atomic mass is 79.9. The molecule has 0 saturated carbocycles. The van der Waals surface area contributed by atoms with Gasteiger partial charge >= 0.3 is 0 Å². The minimum atomic E-state index is -0.0558. The number of nitrogens with zero attached hydrogens (tertiary/aromatic N) is 2. The Hall–Kier alpha value is -2.38. The molecular formula is C22H26BrN3O3. The molecule has 1 fully saturated rings. The molecular weight excluding hydrogens is 434 g/mol. The second kappa shape index (κ2) is 10.4. The standard InChI is InChI=1S/C22H26BrN3O3/c1-2-29-21-8-5-17(13-20(21)27)14-24-25-22(28)18-9-11-26(12-10-18)15-16-3-6-19(23)7-4-16/h3-8,13-14,18,27H,2,9-12,15H2,1H3,(H,25,28)/b24-14+. The molecule has 1 amide bonds. The fourth-order valence-corrected chi connectivity index (χ4v) is 3.62. The molecule has 0 bridgehead atoms. The smallest absolute Gasteiger partial charge is 0.243 e. The SMILES string of the molecule is CCOc1ccc(/C=N/NC(=O)C2CCN(Cc3ccc(Br)cc3)CC2)cc1O. The molecule has 6 nitrogen and oxygen atoms in total. The molecule has 0 aromatic heterocycles. The summed E-state index contributed by atoms with van der Waals surface area (Å²) in [5.74, 6) is 0.408. The Morgan fingerprint density at radius 2 is 2.00 bits per heavy atom. The fourth-order valence-electron chi connectivity index (χ4n) is 3.36. The number of carbonyl (C=O) groups is 1. The summed E-state index contributed by atoms with van der Waals surface area (Å²) in [6.07, 6.45) is 3.17. The lowest BCUT2D eigenvalue weighted by Gasteiger charge is -2.30. The minimum Gasteiger partial charge on any atom is -0.504 e. The van der Waals surface area contributed by atoms with Crippen molar-refractivity contribution < 1.29 is 14.6 Å². The van der Waals surface area contributed by atoms with Crippen LogP contribution in [0.5, 0.6) is 11.5 Å². The predicted octanol–water partition coefficient (Wildman–Crippen LogP) is 3.92. The molecule has 154 valence electrons. The molecule has 3 rings (SSSR count). The number of carbonyl (C=O) groups excluding carboxylic acids is 1. The lowest BCUT2D eigenvalue weighted by Crippen LogP contribution is -2.39. The van der Waals surface area contributed by atoms with E-state index in [4.69, 9.17) is 4.74 Å². The third kappa shape index (κ3) is 6.30. The summed E-state index contributed by atoms with van der Waals surface area (Å²) in [7, 11) is 0. The highest BCUT2D eigenvalue weighted by Gasteiger charge is 2.24. The van der Waals surface area contributed by atoms with Gasteiger partial charge in [0.05, 0.1) is 12.8 Å². The Labute approximate surface area is 179 Å². The van der Waals surface area contributed by atoms with Crippen molar-refractivity contribution in [2.24, 2.45) is 11.0 Å². The van der Waals surface area contributed by atoms with Crippen LogP contribution in [0.4, 0.5) is 0 Å². The molecule has 0 unspecified atom stereocenters. The van der Waals surface area contributed by atoms with Gasteiger partial charge in [0.2, 0.25) is 5.91 Å². The maximum Gasteiger partial charge on any atom is 0.243 e. The van der Waals surface area contributed by atoms with Crippen LogP contribution in [0.15, 0.2) is 52.0 Å². The van der Waals surface area contributed by atoms with E-state index in [2.05, 4.69) is 55.6 Å². The molecule has 1 aliphatic rings. The van der Waals surface area contributed by atoms with E-state index >= 15 is 0 Å². The van der Waals surface area contributed by atoms with E-state index in [1.807, 2.05) is 6.92 Å². The second-order valence-corrected chi connectivity index (χ2v) is 7.99. The van der Waals surface area contributed by atoms with E-state index in [0.29, 0.717) is 17.9 Å². The monoisotopic (exact) mass is 459 g/mol. The van der Waals surface area contributed by atoms with Crippen molar-refractivity contribution in [2.45, 2.75) is 26.3 Å². The zero-order valence-corrected chi connectivity index (χ0v) is 18.1. The van der Waals surface area contributed by atoms with Gasteiger partial charge in [-0.2, -0.15) is 5.10 Å². The van der Waals surface area contributed by atoms with Crippen molar-refractivity contribution in [2.75, 3.05) is 19.7 Å². The average Bonchev–Trinajstić information content (AvgIpc) is 2.72. The lowest BCUT2D eigenvalue weighted by molar-refractivity contribution is -0.126. The van der Waals surface area contributed by atoms with Crippen molar-refractivity contribution in [3.63, 3.8) is 0 Å². The number of likely N-dealkylation sites (tertiary alicyclic amines) is 1. The highest BCUT2D eigenvalue weighted by Crippen LogP contribution is 2.26. The molecule has 0 spiro atoms. The van der Waals surface area contributed by atoms with Gasteiger partial charge in [0.15, 0.2) is 11.5 Å². The number of phenols is 1. The van der Waals surface area contributed by atoms with E-state index in [1.165, 1.54) is 11.8 Å². The van der Waals surface area contributed by atoms with Gasteiger partial charge in [0, 0.05) is 16.9 Å². The van der Waals surface area contributed by atoms with Crippen molar-refractivity contribution in [3.8, 4) is 11.5 Å². The van der Waals surface area contributed by atoms with Gasteiger partial charge in [-0.3, -0.25) is 9.69 Å². The molecule has 0 aliphatic carbocycles. The minimum absolute atomic E-state index is 0.0259. The van der Waals surface area contributed by atoms with Crippen LogP contribution in [0.25, 0.3) is 0 Å². The van der Waals surface area contributed by atoms with Crippen molar-refractivity contribution >= 4 is 28.1 Å². The molecule has 1 heterocycles. The van der Waals surface area contributed by atoms with Crippen LogP contribution in [0, 0.1) is 5.92 Å². The second-order valence-electron chi connectivity index (χ2n) is 7.07. The Kier molecular flexibility index (Phi) is 7.66. The zero-order chi connectivity index (χ0) is 20.6. The molecule has 2 N–H and O–H groups in total. The summed E-state index contributed by atoms with van der Waals surface area (Å²) < 4.78 is 6.38. The average molecular weight is 460 g/mol. The first-order valence-electron chi connectivity index (χ1n) is 9.80. The molecule has 1 saturated heterocycles. The van der Waals surface area contributed by atoms with Crippen LogP contribution in [0.1, 0.15) is 30.9 Å². The van der Waals surface area contributed by atoms with Crippen LogP contribution in [0.2, 0.25) is 0 Å². The van der Waals surface area contributed by atoms with Gasteiger partial charge in [-0.1, -0.05) is 28.1 Å². The summed E-state index contributed by atoms with van der Waals surface area (Å²) in [6, 6.07) is 13.4. The zero-order valence-electron chi connectivity index (χ0n) is 16.5. The highest BCUT2D eigenvalue weighted by molar-refractivity contribution is 9.10. The number of nitrogens with one attached hydrogen (secondary N) is 1. The molecule has 2 aromatic rings. The summed E-state index contributed by atoms with van der Waals surface area (Å²) >= 11 is 3.46. The lowest BCUT2D eigenvalue weighted by atomic mass is 9.96. The van der Waals surface area contributed by atoms with E-state index in [0.717, 1.165) is 36.9 Å². The quantitative estimate of drug-likeness (QED) is 0.486. The Morgan fingerprint density at radius 3 is 2.66 bits per heavy atom. The number of hydrogen-bond donors (Lipinski definition) is 2. The molecule has 0 atom stereocenters. The van der Waals surface area contributed by atoms with Gasteiger partial charge in [0.25, 0.3) is 0 Å². The summed E-state index contributed by atoms with van der Waals surface area (Å²) in [5, 5.41) is 13.9. The Balaban J connectivity index is 1.44. The van der Waals surface area contributed by atoms with Gasteiger partial charge in [-0.15, -0.1) is 0 Å². The predicted molar refractivity (Wildman–Crippen MR) is 117 cm³/mol. The largest absolute Gasteiger partial charge is 0.504 e. The van der Waals surface area contributed by atoms with Crippen molar-refractivity contribution in [1.82, 2.24) is 10.3 Å². The molecule has 2 aromatic carbocycles. The maximum absolute atomic E-state index is 12.4. The van der Waals surface area contributed by atoms with E-state index in [9.17, 15) is 9.90 Å². The molecule has 7 heteroatoms. The van der Waals surface area contributed by atoms with Gasteiger partial charge in [-0.25, -0.2) is 5.43 Å². The Bertz CT molecular complexity index is 847. The fraction of sp³-hybridized carbons (Fsp3) is 0.364. The number of rotatable bonds is 7. The normalized spacial score (nSPS) is 15.5. The Morgan fingerprint density at radius 1 is 1.28 bits per heavy atom. The third-order valence-electron chi connectivity index (χ3n) is 4.95. The first-order valence-corrected chi connectivity index (χ1v) is 10.6. The number of benzene rings is 2.